The first kappa shape index (κ1) is 18.3. The fourth-order valence-corrected chi connectivity index (χ4v) is 2.92. The molecule has 1 heteroatoms. The second-order valence-electron chi connectivity index (χ2n) is 6.18. The van der Waals surface area contributed by atoms with Gasteiger partial charge in [-0.05, 0) is 18.3 Å². The van der Waals surface area contributed by atoms with E-state index in [0.717, 1.165) is 17.7 Å². The maximum absolute atomic E-state index is 5.74. The average Bonchev–Trinajstić information content (AvgIpc) is 2.35. The third-order valence-corrected chi connectivity index (χ3v) is 4.26. The first-order valence-electron chi connectivity index (χ1n) is 8.26. The van der Waals surface area contributed by atoms with E-state index in [-0.39, 0.29) is 0 Å². The molecule has 0 spiro atoms. The van der Waals surface area contributed by atoms with Crippen LogP contribution in [0.25, 0.3) is 0 Å². The quantitative estimate of drug-likeness (QED) is 0.256. The largest absolute Gasteiger partial charge is 0.127 e. The predicted octanol–water partition coefficient (Wildman–Crippen LogP) is 6.81. The Bertz CT molecular complexity index is 156. The highest BCUT2D eigenvalue weighted by molar-refractivity contribution is 6.17. The van der Waals surface area contributed by atoms with Gasteiger partial charge >= 0.3 is 0 Å². The van der Waals surface area contributed by atoms with Crippen molar-refractivity contribution in [2.75, 3.05) is 5.88 Å². The molecular formula is C17H35Cl. The zero-order valence-electron chi connectivity index (χ0n) is 13.0. The van der Waals surface area contributed by atoms with Gasteiger partial charge in [0.25, 0.3) is 0 Å². The van der Waals surface area contributed by atoms with Crippen LogP contribution in [0, 0.1) is 11.8 Å². The van der Waals surface area contributed by atoms with Gasteiger partial charge < -0.3 is 0 Å². The van der Waals surface area contributed by atoms with Crippen molar-refractivity contribution in [1.29, 1.82) is 0 Å². The van der Waals surface area contributed by atoms with Gasteiger partial charge in [0.2, 0.25) is 0 Å². The Kier molecular flexibility index (Phi) is 13.9. The van der Waals surface area contributed by atoms with Crippen LogP contribution in [0.2, 0.25) is 0 Å². The molecule has 0 aromatic heterocycles. The van der Waals surface area contributed by atoms with Crippen LogP contribution in [0.1, 0.15) is 91.4 Å². The van der Waals surface area contributed by atoms with Crippen LogP contribution in [0.3, 0.4) is 0 Å². The molecule has 18 heavy (non-hydrogen) atoms. The Morgan fingerprint density at radius 1 is 0.667 bits per heavy atom. The molecule has 2 atom stereocenters. The molecule has 0 aliphatic heterocycles. The Morgan fingerprint density at radius 3 is 1.61 bits per heavy atom. The lowest BCUT2D eigenvalue weighted by Crippen LogP contribution is -1.96. The molecule has 2 unspecified atom stereocenters. The maximum Gasteiger partial charge on any atom is 0.0225 e. The lowest BCUT2D eigenvalue weighted by molar-refractivity contribution is 0.433. The Hall–Kier alpha value is 0.290. The first-order valence-corrected chi connectivity index (χ1v) is 8.80. The van der Waals surface area contributed by atoms with Crippen molar-refractivity contribution < 1.29 is 0 Å². The van der Waals surface area contributed by atoms with E-state index < -0.39 is 0 Å². The van der Waals surface area contributed by atoms with Gasteiger partial charge in [0, 0.05) is 5.88 Å². The molecule has 0 aromatic carbocycles. The minimum atomic E-state index is 0.830. The fraction of sp³-hybridized carbons (Fsp3) is 1.00. The zero-order valence-corrected chi connectivity index (χ0v) is 13.8. The Labute approximate surface area is 121 Å². The van der Waals surface area contributed by atoms with Crippen LogP contribution in [0.4, 0.5) is 0 Å². The number of hydrogen-bond acceptors (Lipinski definition) is 0. The summed E-state index contributed by atoms with van der Waals surface area (Å²) in [6.45, 7) is 7.04. The van der Waals surface area contributed by atoms with E-state index in [0.29, 0.717) is 0 Å². The van der Waals surface area contributed by atoms with Gasteiger partial charge in [0.05, 0.1) is 0 Å². The van der Waals surface area contributed by atoms with Crippen molar-refractivity contribution in [2.45, 2.75) is 91.4 Å². The number of unbranched alkanes of at least 4 members (excludes halogenated alkanes) is 5. The third-order valence-electron chi connectivity index (χ3n) is 4.05. The van der Waals surface area contributed by atoms with E-state index in [1.807, 2.05) is 0 Å². The fourth-order valence-electron chi connectivity index (χ4n) is 2.54. The molecule has 0 aliphatic rings. The number of hydrogen-bond donors (Lipinski definition) is 0. The monoisotopic (exact) mass is 274 g/mol. The average molecular weight is 275 g/mol. The maximum atomic E-state index is 5.74. The molecule has 0 rings (SSSR count). The van der Waals surface area contributed by atoms with Crippen LogP contribution in [0.15, 0.2) is 0 Å². The van der Waals surface area contributed by atoms with E-state index in [1.165, 1.54) is 70.6 Å². The molecule has 0 N–H and O–H groups in total. The molecule has 0 aromatic rings. The topological polar surface area (TPSA) is 0 Å². The lowest BCUT2D eigenvalue weighted by atomic mass is 9.96. The van der Waals surface area contributed by atoms with E-state index in [9.17, 15) is 0 Å². The van der Waals surface area contributed by atoms with Gasteiger partial charge in [-0.1, -0.05) is 85.0 Å². The second-order valence-corrected chi connectivity index (χ2v) is 6.55. The lowest BCUT2D eigenvalue weighted by Gasteiger charge is -2.11. The summed E-state index contributed by atoms with van der Waals surface area (Å²) in [5.41, 5.74) is 0. The molecule has 0 aliphatic carbocycles. The first-order chi connectivity index (χ1) is 8.70. The van der Waals surface area contributed by atoms with Crippen molar-refractivity contribution in [2.24, 2.45) is 11.8 Å². The van der Waals surface area contributed by atoms with Gasteiger partial charge in [0.1, 0.15) is 0 Å². The summed E-state index contributed by atoms with van der Waals surface area (Å²) in [5.74, 6) is 2.61. The molecule has 0 bridgehead atoms. The molecular weight excluding hydrogens is 240 g/mol. The minimum Gasteiger partial charge on any atom is -0.127 e. The van der Waals surface area contributed by atoms with Crippen molar-refractivity contribution in [3.05, 3.63) is 0 Å². The summed E-state index contributed by atoms with van der Waals surface area (Å²) in [6, 6.07) is 0. The van der Waals surface area contributed by atoms with Crippen LogP contribution in [-0.2, 0) is 0 Å². The molecule has 0 saturated carbocycles. The smallest absolute Gasteiger partial charge is 0.0225 e. The summed E-state index contributed by atoms with van der Waals surface area (Å²) in [7, 11) is 0. The Morgan fingerprint density at radius 2 is 1.11 bits per heavy atom. The summed E-state index contributed by atoms with van der Waals surface area (Å²) < 4.78 is 0. The Balaban J connectivity index is 3.15. The van der Waals surface area contributed by atoms with E-state index in [2.05, 4.69) is 20.8 Å². The summed E-state index contributed by atoms with van der Waals surface area (Å²) in [5, 5.41) is 0. The molecule has 0 nitrogen and oxygen atoms in total. The van der Waals surface area contributed by atoms with Gasteiger partial charge in [-0.3, -0.25) is 0 Å². The van der Waals surface area contributed by atoms with Crippen molar-refractivity contribution in [1.82, 2.24) is 0 Å². The molecule has 0 fully saturated rings. The highest BCUT2D eigenvalue weighted by Gasteiger charge is 2.02. The van der Waals surface area contributed by atoms with E-state index >= 15 is 0 Å². The molecule has 0 heterocycles. The van der Waals surface area contributed by atoms with Gasteiger partial charge in [-0.2, -0.15) is 0 Å². The molecule has 110 valence electrons. The number of halogens is 1. The van der Waals surface area contributed by atoms with Crippen molar-refractivity contribution in [3.8, 4) is 0 Å². The SMILES string of the molecule is CCCCC(C)CCCCCCCC(C)CCCl. The van der Waals surface area contributed by atoms with Gasteiger partial charge in [-0.25, -0.2) is 0 Å². The van der Waals surface area contributed by atoms with Crippen LogP contribution >= 0.6 is 11.6 Å². The number of alkyl halides is 1. The second kappa shape index (κ2) is 13.7. The van der Waals surface area contributed by atoms with Crippen molar-refractivity contribution >= 4 is 11.6 Å². The molecule has 0 radical (unpaired) electrons. The highest BCUT2D eigenvalue weighted by atomic mass is 35.5. The normalized spacial score (nSPS) is 14.7. The third kappa shape index (κ3) is 12.7. The van der Waals surface area contributed by atoms with Crippen molar-refractivity contribution in [3.63, 3.8) is 0 Å². The molecule has 0 saturated heterocycles. The van der Waals surface area contributed by atoms with Gasteiger partial charge in [0.15, 0.2) is 0 Å². The standard InChI is InChI=1S/C17H35Cl/c1-4-5-11-16(2)12-9-7-6-8-10-13-17(3)14-15-18/h16-17H,4-15H2,1-3H3. The van der Waals surface area contributed by atoms with E-state index in [4.69, 9.17) is 11.6 Å². The van der Waals surface area contributed by atoms with Crippen LogP contribution in [-0.4, -0.2) is 5.88 Å². The molecule has 0 amide bonds. The van der Waals surface area contributed by atoms with Gasteiger partial charge in [-0.15, -0.1) is 11.6 Å². The predicted molar refractivity (Wildman–Crippen MR) is 85.5 cm³/mol. The number of rotatable bonds is 13. The summed E-state index contributed by atoms with van der Waals surface area (Å²) in [6.07, 6.45) is 15.4. The minimum absolute atomic E-state index is 0.830. The van der Waals surface area contributed by atoms with E-state index in [1.54, 1.807) is 0 Å². The van der Waals surface area contributed by atoms with Crippen LogP contribution in [0.5, 0.6) is 0 Å². The zero-order chi connectivity index (χ0) is 13.6. The van der Waals surface area contributed by atoms with Crippen LogP contribution < -0.4 is 0 Å². The highest BCUT2D eigenvalue weighted by Crippen LogP contribution is 2.18. The summed E-state index contributed by atoms with van der Waals surface area (Å²) in [4.78, 5) is 0. The summed E-state index contributed by atoms with van der Waals surface area (Å²) >= 11 is 5.74.